The van der Waals surface area contributed by atoms with Gasteiger partial charge in [-0.05, 0) is 19.2 Å². The molecule has 14 heavy (non-hydrogen) atoms. The maximum atomic E-state index is 11.3. The quantitative estimate of drug-likeness (QED) is 0.517. The van der Waals surface area contributed by atoms with E-state index in [1.165, 1.54) is 0 Å². The first-order chi connectivity index (χ1) is 6.77. The van der Waals surface area contributed by atoms with Gasteiger partial charge in [0.1, 0.15) is 6.73 Å². The third-order valence-corrected chi connectivity index (χ3v) is 1.62. The average molecular weight is 195 g/mol. The average Bonchev–Trinajstić information content (AvgIpc) is 2.19. The predicted octanol–water partition coefficient (Wildman–Crippen LogP) is -0.126. The Morgan fingerprint density at radius 3 is 3.14 bits per heavy atom. The molecule has 1 rings (SSSR count). The predicted molar refractivity (Wildman–Crippen MR) is 51.5 cm³/mol. The molecule has 0 radical (unpaired) electrons. The molecule has 0 saturated carbocycles. The van der Waals surface area contributed by atoms with Crippen LogP contribution in [0.25, 0.3) is 0 Å². The second-order valence-corrected chi connectivity index (χ2v) is 2.66. The van der Waals surface area contributed by atoms with Crippen LogP contribution in [0.2, 0.25) is 0 Å². The number of nitrogens with two attached hydrogens (primary N) is 1. The summed E-state index contributed by atoms with van der Waals surface area (Å²) in [7, 11) is 1.81. The lowest BCUT2D eigenvalue weighted by molar-refractivity contribution is 0.0515. The molecule has 0 aliphatic heterocycles. The zero-order valence-corrected chi connectivity index (χ0v) is 7.99. The molecule has 76 valence electrons. The third kappa shape index (κ3) is 2.79. The Morgan fingerprint density at radius 1 is 1.71 bits per heavy atom. The van der Waals surface area contributed by atoms with E-state index in [0.717, 1.165) is 5.69 Å². The summed E-state index contributed by atoms with van der Waals surface area (Å²) in [6, 6.07) is 3.27. The minimum Gasteiger partial charge on any atom is -0.446 e. The van der Waals surface area contributed by atoms with Crippen LogP contribution in [0.4, 0.5) is 0 Å². The molecular weight excluding hydrogens is 182 g/mol. The fourth-order valence-electron chi connectivity index (χ4n) is 1.04. The van der Waals surface area contributed by atoms with Crippen LogP contribution < -0.4 is 11.1 Å². The number of nitrogens with one attached hydrogen (secondary N) is 1. The van der Waals surface area contributed by atoms with E-state index in [1.54, 1.807) is 18.3 Å². The van der Waals surface area contributed by atoms with Crippen LogP contribution in [0.15, 0.2) is 18.3 Å². The van der Waals surface area contributed by atoms with Crippen molar-refractivity contribution in [1.29, 1.82) is 0 Å². The van der Waals surface area contributed by atoms with Crippen molar-refractivity contribution in [3.63, 3.8) is 0 Å². The summed E-state index contributed by atoms with van der Waals surface area (Å²) in [5.74, 6) is -0.424. The molecule has 0 unspecified atom stereocenters. The summed E-state index contributed by atoms with van der Waals surface area (Å²) < 4.78 is 4.65. The number of hydrogen-bond acceptors (Lipinski definition) is 5. The number of carbonyl (C=O) groups is 1. The fraction of sp³-hybridized carbons (Fsp3) is 0.333. The number of ether oxygens (including phenoxy) is 1. The molecule has 0 saturated heterocycles. The van der Waals surface area contributed by atoms with Crippen LogP contribution in [-0.2, 0) is 11.3 Å². The van der Waals surface area contributed by atoms with Crippen LogP contribution in [0.1, 0.15) is 16.1 Å². The van der Waals surface area contributed by atoms with Gasteiger partial charge in [-0.2, -0.15) is 0 Å². The lowest BCUT2D eigenvalue weighted by Gasteiger charge is -2.03. The number of carbonyl (C=O) groups excluding carboxylic acids is 1. The van der Waals surface area contributed by atoms with Crippen LogP contribution in [0.3, 0.4) is 0 Å². The standard InChI is InChI=1S/C9H13N3O2/c1-11-5-8-4-7(2-3-12-8)9(13)14-6-10/h2-4,11H,5-6,10H2,1H3. The number of aromatic nitrogens is 1. The first-order valence-corrected chi connectivity index (χ1v) is 4.24. The molecule has 1 heterocycles. The molecule has 1 aromatic heterocycles. The van der Waals surface area contributed by atoms with Crippen molar-refractivity contribution >= 4 is 5.97 Å². The molecule has 0 aromatic carbocycles. The third-order valence-electron chi connectivity index (χ3n) is 1.62. The van der Waals surface area contributed by atoms with Crippen molar-refractivity contribution in [2.45, 2.75) is 6.54 Å². The molecule has 0 spiro atoms. The molecular formula is C9H13N3O2. The molecule has 3 N–H and O–H groups in total. The van der Waals surface area contributed by atoms with E-state index in [1.807, 2.05) is 7.05 Å². The first-order valence-electron chi connectivity index (χ1n) is 4.24. The zero-order valence-electron chi connectivity index (χ0n) is 7.99. The van der Waals surface area contributed by atoms with Crippen molar-refractivity contribution in [3.8, 4) is 0 Å². The van der Waals surface area contributed by atoms with Gasteiger partial charge in [-0.3, -0.25) is 10.7 Å². The Bertz CT molecular complexity index is 315. The second kappa shape index (κ2) is 5.31. The fourth-order valence-corrected chi connectivity index (χ4v) is 1.04. The highest BCUT2D eigenvalue weighted by atomic mass is 16.5. The highest BCUT2D eigenvalue weighted by Gasteiger charge is 2.06. The molecule has 0 aliphatic rings. The Kier molecular flexibility index (Phi) is 4.03. The summed E-state index contributed by atoms with van der Waals surface area (Å²) in [4.78, 5) is 15.3. The number of nitrogens with zero attached hydrogens (tertiary/aromatic N) is 1. The Hall–Kier alpha value is -1.46. The van der Waals surface area contributed by atoms with Crippen molar-refractivity contribution in [1.82, 2.24) is 10.3 Å². The molecule has 0 fully saturated rings. The smallest absolute Gasteiger partial charge is 0.339 e. The molecule has 5 nitrogen and oxygen atoms in total. The van der Waals surface area contributed by atoms with Gasteiger partial charge in [0.25, 0.3) is 0 Å². The van der Waals surface area contributed by atoms with Crippen molar-refractivity contribution in [2.75, 3.05) is 13.8 Å². The van der Waals surface area contributed by atoms with Gasteiger partial charge >= 0.3 is 5.97 Å². The summed E-state index contributed by atoms with van der Waals surface area (Å²) in [6.45, 7) is 0.506. The SMILES string of the molecule is CNCc1cc(C(=O)OCN)ccn1. The largest absolute Gasteiger partial charge is 0.446 e. The Morgan fingerprint density at radius 2 is 2.50 bits per heavy atom. The van der Waals surface area contributed by atoms with Crippen molar-refractivity contribution in [2.24, 2.45) is 5.73 Å². The summed E-state index contributed by atoms with van der Waals surface area (Å²) in [5.41, 5.74) is 6.35. The van der Waals surface area contributed by atoms with E-state index in [4.69, 9.17) is 5.73 Å². The number of esters is 1. The maximum absolute atomic E-state index is 11.3. The van der Waals surface area contributed by atoms with E-state index in [9.17, 15) is 4.79 Å². The highest BCUT2D eigenvalue weighted by molar-refractivity contribution is 5.89. The minimum absolute atomic E-state index is 0.109. The van der Waals surface area contributed by atoms with Crippen LogP contribution in [-0.4, -0.2) is 24.7 Å². The number of rotatable bonds is 4. The van der Waals surface area contributed by atoms with Crippen molar-refractivity contribution < 1.29 is 9.53 Å². The molecule has 5 heteroatoms. The van der Waals surface area contributed by atoms with Crippen LogP contribution in [0.5, 0.6) is 0 Å². The summed E-state index contributed by atoms with van der Waals surface area (Å²) >= 11 is 0. The minimum atomic E-state index is -0.424. The normalized spacial score (nSPS) is 9.86. The van der Waals surface area contributed by atoms with Gasteiger partial charge in [0.05, 0.1) is 11.3 Å². The van der Waals surface area contributed by atoms with E-state index in [2.05, 4.69) is 15.0 Å². The first kappa shape index (κ1) is 10.6. The van der Waals surface area contributed by atoms with E-state index in [0.29, 0.717) is 12.1 Å². The van der Waals surface area contributed by atoms with Gasteiger partial charge in [-0.1, -0.05) is 0 Å². The lowest BCUT2D eigenvalue weighted by atomic mass is 10.2. The Balaban J connectivity index is 2.77. The number of pyridine rings is 1. The van der Waals surface area contributed by atoms with E-state index < -0.39 is 5.97 Å². The van der Waals surface area contributed by atoms with Gasteiger partial charge in [0, 0.05) is 12.7 Å². The van der Waals surface area contributed by atoms with Gasteiger partial charge in [0.15, 0.2) is 0 Å². The van der Waals surface area contributed by atoms with E-state index >= 15 is 0 Å². The lowest BCUT2D eigenvalue weighted by Crippen LogP contribution is -2.13. The topological polar surface area (TPSA) is 77.2 Å². The van der Waals surface area contributed by atoms with Gasteiger partial charge in [0.2, 0.25) is 0 Å². The van der Waals surface area contributed by atoms with Gasteiger partial charge in [-0.25, -0.2) is 4.79 Å². The molecule has 0 amide bonds. The Labute approximate surface area is 82.3 Å². The zero-order chi connectivity index (χ0) is 10.4. The van der Waals surface area contributed by atoms with Gasteiger partial charge < -0.3 is 10.1 Å². The van der Waals surface area contributed by atoms with Crippen LogP contribution in [0, 0.1) is 0 Å². The molecule has 0 bridgehead atoms. The van der Waals surface area contributed by atoms with Crippen molar-refractivity contribution in [3.05, 3.63) is 29.6 Å². The maximum Gasteiger partial charge on any atom is 0.339 e. The summed E-state index contributed by atoms with van der Waals surface area (Å²) in [5, 5.41) is 2.94. The second-order valence-electron chi connectivity index (χ2n) is 2.66. The molecule has 0 aliphatic carbocycles. The summed E-state index contributed by atoms with van der Waals surface area (Å²) in [6.07, 6.45) is 1.57. The van der Waals surface area contributed by atoms with Crippen LogP contribution >= 0.6 is 0 Å². The van der Waals surface area contributed by atoms with E-state index in [-0.39, 0.29) is 6.73 Å². The molecule has 0 atom stereocenters. The number of hydrogen-bond donors (Lipinski definition) is 2. The van der Waals surface area contributed by atoms with Gasteiger partial charge in [-0.15, -0.1) is 0 Å². The monoisotopic (exact) mass is 195 g/mol. The highest BCUT2D eigenvalue weighted by Crippen LogP contribution is 2.03. The molecule has 1 aromatic rings.